The van der Waals surface area contributed by atoms with E-state index in [1.807, 2.05) is 47.2 Å². The van der Waals surface area contributed by atoms with Crippen molar-refractivity contribution in [1.82, 2.24) is 4.57 Å². The van der Waals surface area contributed by atoms with Gasteiger partial charge in [-0.05, 0) is 54.1 Å². The fraction of sp³-hybridized carbons (Fsp3) is 0.111. The number of nitrogens with one attached hydrogen (secondary N) is 1. The molecule has 2 amide bonds. The lowest BCUT2D eigenvalue weighted by Gasteiger charge is -2.23. The zero-order valence-corrected chi connectivity index (χ0v) is 19.8. The maximum atomic E-state index is 14.2. The third-order valence-corrected chi connectivity index (χ3v) is 6.43. The molecule has 5 rings (SSSR count). The number of fused-ring (bicyclic) bond motifs is 2. The topological polar surface area (TPSA) is 54.3 Å². The molecule has 0 atom stereocenters. The molecular weight excluding hydrogens is 510 g/mol. The second-order valence-electron chi connectivity index (χ2n) is 8.46. The molecule has 2 heterocycles. The maximum Gasteiger partial charge on any atom is 0.417 e. The standard InChI is InChI=1S/C27H18ClF4N3O2/c28-21-13-17(33-25(36)24-20(27(30,31)32)7-3-8-22(24)29)10-11-19(21)26(37)35-15-18-6-4-12-34(18)14-16-5-1-2-9-23(16)35/h1-13H,14-15H2,(H,33,36). The number of aromatic nitrogens is 1. The summed E-state index contributed by atoms with van der Waals surface area (Å²) in [5, 5.41) is 2.22. The molecule has 1 N–H and O–H groups in total. The zero-order chi connectivity index (χ0) is 26.3. The summed E-state index contributed by atoms with van der Waals surface area (Å²) >= 11 is 6.40. The Bertz CT molecular complexity index is 1530. The molecule has 10 heteroatoms. The van der Waals surface area contributed by atoms with Crippen molar-refractivity contribution in [2.75, 3.05) is 10.2 Å². The van der Waals surface area contributed by atoms with E-state index in [1.165, 1.54) is 18.2 Å². The molecule has 4 aromatic rings. The van der Waals surface area contributed by atoms with Crippen LogP contribution in [-0.2, 0) is 19.3 Å². The molecule has 0 bridgehead atoms. The van der Waals surface area contributed by atoms with E-state index in [9.17, 15) is 27.2 Å². The Kier molecular flexibility index (Phi) is 6.25. The van der Waals surface area contributed by atoms with Gasteiger partial charge in [-0.2, -0.15) is 13.2 Å². The first kappa shape index (κ1) is 24.6. The highest BCUT2D eigenvalue weighted by molar-refractivity contribution is 6.35. The van der Waals surface area contributed by atoms with E-state index < -0.39 is 34.9 Å². The Balaban J connectivity index is 1.44. The number of halogens is 5. The van der Waals surface area contributed by atoms with Crippen LogP contribution in [0.2, 0.25) is 5.02 Å². The third kappa shape index (κ3) is 4.70. The first-order valence-electron chi connectivity index (χ1n) is 11.1. The van der Waals surface area contributed by atoms with Crippen LogP contribution in [0.15, 0.2) is 79.0 Å². The molecule has 0 saturated carbocycles. The highest BCUT2D eigenvalue weighted by atomic mass is 35.5. The summed E-state index contributed by atoms with van der Waals surface area (Å²) in [6.07, 6.45) is -2.99. The third-order valence-electron chi connectivity index (χ3n) is 6.12. The molecule has 0 saturated heterocycles. The lowest BCUT2D eigenvalue weighted by Crippen LogP contribution is -2.30. The number of alkyl halides is 3. The van der Waals surface area contributed by atoms with Crippen LogP contribution in [-0.4, -0.2) is 16.4 Å². The first-order chi connectivity index (χ1) is 17.6. The SMILES string of the molecule is O=C(Nc1ccc(C(=O)N2Cc3cccn3Cc3ccccc32)c(Cl)c1)c1c(F)cccc1C(F)(F)F. The van der Waals surface area contributed by atoms with Gasteiger partial charge in [-0.15, -0.1) is 0 Å². The number of hydrogen-bond donors (Lipinski definition) is 1. The zero-order valence-electron chi connectivity index (χ0n) is 19.0. The first-order valence-corrected chi connectivity index (χ1v) is 11.5. The van der Waals surface area contributed by atoms with Crippen LogP contribution in [0.4, 0.5) is 28.9 Å². The fourth-order valence-electron chi connectivity index (χ4n) is 4.36. The van der Waals surface area contributed by atoms with Crippen LogP contribution < -0.4 is 10.2 Å². The van der Waals surface area contributed by atoms with E-state index in [0.717, 1.165) is 29.1 Å². The number of para-hydroxylation sites is 1. The number of carbonyl (C=O) groups is 2. The van der Waals surface area contributed by atoms with E-state index >= 15 is 0 Å². The van der Waals surface area contributed by atoms with Crippen molar-refractivity contribution < 1.29 is 27.2 Å². The van der Waals surface area contributed by atoms with Crippen LogP contribution in [0.25, 0.3) is 0 Å². The van der Waals surface area contributed by atoms with Crippen LogP contribution >= 0.6 is 11.6 Å². The maximum absolute atomic E-state index is 14.2. The molecular formula is C27H18ClF4N3O2. The number of amides is 2. The molecule has 0 unspecified atom stereocenters. The van der Waals surface area contributed by atoms with Gasteiger partial charge < -0.3 is 14.8 Å². The van der Waals surface area contributed by atoms with Gasteiger partial charge in [0.25, 0.3) is 11.8 Å². The summed E-state index contributed by atoms with van der Waals surface area (Å²) < 4.78 is 56.1. The van der Waals surface area contributed by atoms with Gasteiger partial charge in [0, 0.05) is 29.8 Å². The molecule has 37 heavy (non-hydrogen) atoms. The summed E-state index contributed by atoms with van der Waals surface area (Å²) in [6, 6.07) is 17.5. The van der Waals surface area contributed by atoms with Crippen molar-refractivity contribution >= 4 is 34.8 Å². The van der Waals surface area contributed by atoms with Crippen LogP contribution in [0, 0.1) is 5.82 Å². The predicted octanol–water partition coefficient (Wildman–Crippen LogP) is 6.76. The van der Waals surface area contributed by atoms with Gasteiger partial charge in [0.2, 0.25) is 0 Å². The van der Waals surface area contributed by atoms with E-state index in [0.29, 0.717) is 19.2 Å². The summed E-state index contributed by atoms with van der Waals surface area (Å²) in [7, 11) is 0. The fourth-order valence-corrected chi connectivity index (χ4v) is 4.62. The number of carbonyl (C=O) groups excluding carboxylic acids is 2. The van der Waals surface area contributed by atoms with Crippen LogP contribution in [0.1, 0.15) is 37.5 Å². The Hall–Kier alpha value is -4.11. The smallest absolute Gasteiger partial charge is 0.345 e. The Labute approximate surface area is 213 Å². The summed E-state index contributed by atoms with van der Waals surface area (Å²) in [4.78, 5) is 27.8. The largest absolute Gasteiger partial charge is 0.417 e. The molecule has 5 nitrogen and oxygen atoms in total. The number of hydrogen-bond acceptors (Lipinski definition) is 2. The van der Waals surface area contributed by atoms with Gasteiger partial charge in [0.05, 0.1) is 28.3 Å². The molecule has 188 valence electrons. The number of benzene rings is 3. The average molecular weight is 528 g/mol. The van der Waals surface area contributed by atoms with E-state index in [2.05, 4.69) is 5.32 Å². The lowest BCUT2D eigenvalue weighted by molar-refractivity contribution is -0.138. The number of nitrogens with zero attached hydrogens (tertiary/aromatic N) is 2. The van der Waals surface area contributed by atoms with Gasteiger partial charge in [-0.25, -0.2) is 4.39 Å². The Morgan fingerprint density at radius 2 is 1.70 bits per heavy atom. The minimum absolute atomic E-state index is 0.00747. The van der Waals surface area contributed by atoms with Crippen molar-refractivity contribution in [3.63, 3.8) is 0 Å². The molecule has 1 aromatic heterocycles. The Morgan fingerprint density at radius 3 is 2.46 bits per heavy atom. The molecule has 0 fully saturated rings. The monoisotopic (exact) mass is 527 g/mol. The van der Waals surface area contributed by atoms with Crippen molar-refractivity contribution in [3.05, 3.63) is 118 Å². The van der Waals surface area contributed by atoms with Gasteiger partial charge in [0.15, 0.2) is 0 Å². The van der Waals surface area contributed by atoms with Gasteiger partial charge >= 0.3 is 6.18 Å². The molecule has 0 spiro atoms. The van der Waals surface area contributed by atoms with E-state index in [1.54, 1.807) is 4.90 Å². The van der Waals surface area contributed by atoms with E-state index in [-0.39, 0.29) is 16.3 Å². The van der Waals surface area contributed by atoms with Gasteiger partial charge in [-0.1, -0.05) is 35.9 Å². The normalized spacial score (nSPS) is 12.9. The highest BCUT2D eigenvalue weighted by Gasteiger charge is 2.37. The molecule has 3 aromatic carbocycles. The minimum atomic E-state index is -4.92. The van der Waals surface area contributed by atoms with Gasteiger partial charge in [0.1, 0.15) is 5.82 Å². The summed E-state index contributed by atoms with van der Waals surface area (Å²) in [6.45, 7) is 0.891. The number of rotatable bonds is 3. The van der Waals surface area contributed by atoms with Crippen LogP contribution in [0.5, 0.6) is 0 Å². The number of anilines is 2. The molecule has 0 aliphatic carbocycles. The lowest BCUT2D eigenvalue weighted by atomic mass is 10.1. The predicted molar refractivity (Wildman–Crippen MR) is 131 cm³/mol. The molecule has 0 radical (unpaired) electrons. The second-order valence-corrected chi connectivity index (χ2v) is 8.86. The average Bonchev–Trinajstić information content (AvgIpc) is 3.22. The molecule has 1 aliphatic rings. The highest BCUT2D eigenvalue weighted by Crippen LogP contribution is 2.34. The van der Waals surface area contributed by atoms with E-state index in [4.69, 9.17) is 11.6 Å². The minimum Gasteiger partial charge on any atom is -0.345 e. The van der Waals surface area contributed by atoms with Crippen molar-refractivity contribution in [2.45, 2.75) is 19.3 Å². The van der Waals surface area contributed by atoms with Crippen molar-refractivity contribution in [1.29, 1.82) is 0 Å². The van der Waals surface area contributed by atoms with Crippen molar-refractivity contribution in [2.24, 2.45) is 0 Å². The van der Waals surface area contributed by atoms with Gasteiger partial charge in [-0.3, -0.25) is 9.59 Å². The summed E-state index contributed by atoms with van der Waals surface area (Å²) in [5.74, 6) is -2.99. The van der Waals surface area contributed by atoms with Crippen LogP contribution in [0.3, 0.4) is 0 Å². The second kappa shape index (κ2) is 9.40. The molecule has 1 aliphatic heterocycles. The summed E-state index contributed by atoms with van der Waals surface area (Å²) in [5.41, 5.74) is 0.210. The quantitative estimate of drug-likeness (QED) is 0.299. The van der Waals surface area contributed by atoms with Crippen molar-refractivity contribution in [3.8, 4) is 0 Å². The Morgan fingerprint density at radius 1 is 0.919 bits per heavy atom.